The van der Waals surface area contributed by atoms with Crippen LogP contribution in [0.2, 0.25) is 5.02 Å². The summed E-state index contributed by atoms with van der Waals surface area (Å²) in [6.45, 7) is 2.45. The van der Waals surface area contributed by atoms with E-state index in [4.69, 9.17) is 22.3 Å². The summed E-state index contributed by atoms with van der Waals surface area (Å²) in [6, 6.07) is 12.4. The Labute approximate surface area is 146 Å². The molecule has 0 spiro atoms. The van der Waals surface area contributed by atoms with Crippen molar-refractivity contribution in [3.8, 4) is 0 Å². The monoisotopic (exact) mass is 345 g/mol. The average molecular weight is 346 g/mol. The molecule has 0 radical (unpaired) electrons. The highest BCUT2D eigenvalue weighted by atomic mass is 35.5. The number of hydrogen-bond acceptors (Lipinski definition) is 2. The highest BCUT2D eigenvalue weighted by Gasteiger charge is 2.18. The van der Waals surface area contributed by atoms with Gasteiger partial charge in [-0.1, -0.05) is 49.6 Å². The number of nitrogens with zero attached hydrogens (tertiary/aromatic N) is 2. The Kier molecular flexibility index (Phi) is 5.17. The molecule has 0 saturated heterocycles. The molecule has 0 bridgehead atoms. The van der Waals surface area contributed by atoms with E-state index in [1.807, 2.05) is 28.8 Å². The molecular weight excluding hydrogens is 325 g/mol. The largest absolute Gasteiger partial charge is 0.322 e. The molecule has 0 aliphatic heterocycles. The van der Waals surface area contributed by atoms with Crippen LogP contribution in [-0.4, -0.2) is 9.55 Å². The van der Waals surface area contributed by atoms with Gasteiger partial charge in [0.05, 0.1) is 23.6 Å². The van der Waals surface area contributed by atoms with Crippen LogP contribution in [0.25, 0.3) is 11.0 Å². The molecule has 5 heteroatoms. The number of fused-ring (bicyclic) bond motifs is 1. The zero-order valence-electron chi connectivity index (χ0n) is 13.7. The summed E-state index contributed by atoms with van der Waals surface area (Å²) in [5.41, 5.74) is 8.64. The van der Waals surface area contributed by atoms with Gasteiger partial charge in [-0.25, -0.2) is 9.37 Å². The molecule has 0 saturated carbocycles. The molecule has 126 valence electrons. The van der Waals surface area contributed by atoms with E-state index in [1.54, 1.807) is 12.1 Å². The van der Waals surface area contributed by atoms with Crippen molar-refractivity contribution in [3.63, 3.8) is 0 Å². The summed E-state index contributed by atoms with van der Waals surface area (Å²) in [5, 5.41) is 0.417. The van der Waals surface area contributed by atoms with Crippen molar-refractivity contribution >= 4 is 22.6 Å². The third-order valence-electron chi connectivity index (χ3n) is 4.26. The number of para-hydroxylation sites is 2. The van der Waals surface area contributed by atoms with Gasteiger partial charge in [0.2, 0.25) is 0 Å². The van der Waals surface area contributed by atoms with Crippen molar-refractivity contribution in [2.45, 2.75) is 38.8 Å². The van der Waals surface area contributed by atoms with Crippen molar-refractivity contribution in [2.75, 3.05) is 0 Å². The third-order valence-corrected chi connectivity index (χ3v) is 4.62. The maximum Gasteiger partial charge on any atom is 0.129 e. The zero-order valence-corrected chi connectivity index (χ0v) is 14.4. The van der Waals surface area contributed by atoms with Gasteiger partial charge in [-0.15, -0.1) is 0 Å². The lowest BCUT2D eigenvalue weighted by Gasteiger charge is -2.15. The number of rotatable bonds is 6. The Morgan fingerprint density at radius 2 is 2.00 bits per heavy atom. The predicted molar refractivity (Wildman–Crippen MR) is 96.7 cm³/mol. The Morgan fingerprint density at radius 1 is 1.21 bits per heavy atom. The minimum absolute atomic E-state index is 0.178. The van der Waals surface area contributed by atoms with E-state index >= 15 is 0 Å². The van der Waals surface area contributed by atoms with Gasteiger partial charge in [0, 0.05) is 10.6 Å². The minimum Gasteiger partial charge on any atom is -0.322 e. The van der Waals surface area contributed by atoms with E-state index in [-0.39, 0.29) is 11.9 Å². The molecule has 3 aromatic rings. The van der Waals surface area contributed by atoms with E-state index < -0.39 is 0 Å². The minimum atomic E-state index is -0.312. The second kappa shape index (κ2) is 7.32. The molecule has 0 aliphatic rings. The zero-order chi connectivity index (χ0) is 17.1. The van der Waals surface area contributed by atoms with Gasteiger partial charge in [0.1, 0.15) is 11.6 Å². The standard InChI is InChI=1S/C19H21ClFN3/c1-2-3-9-16(22)19-23-17-10-4-5-11-18(17)24(19)12-13-14(20)7-6-8-15(13)21/h4-8,10-11,16H,2-3,9,12,22H2,1H3. The number of nitrogens with two attached hydrogens (primary N) is 1. The summed E-state index contributed by atoms with van der Waals surface area (Å²) in [5.74, 6) is 0.470. The molecule has 1 aromatic heterocycles. The molecule has 1 atom stereocenters. The van der Waals surface area contributed by atoms with Crippen molar-refractivity contribution < 1.29 is 4.39 Å². The van der Waals surface area contributed by atoms with Crippen LogP contribution >= 0.6 is 11.6 Å². The smallest absolute Gasteiger partial charge is 0.129 e. The highest BCUT2D eigenvalue weighted by molar-refractivity contribution is 6.31. The molecule has 1 unspecified atom stereocenters. The van der Waals surface area contributed by atoms with Crippen LogP contribution in [0.15, 0.2) is 42.5 Å². The first-order valence-corrected chi connectivity index (χ1v) is 8.63. The van der Waals surface area contributed by atoms with Crippen LogP contribution in [-0.2, 0) is 6.54 Å². The van der Waals surface area contributed by atoms with Gasteiger partial charge in [0.25, 0.3) is 0 Å². The fraction of sp³-hybridized carbons (Fsp3) is 0.316. The first kappa shape index (κ1) is 16.9. The molecule has 2 aromatic carbocycles. The second-order valence-corrected chi connectivity index (χ2v) is 6.40. The Bertz CT molecular complexity index is 823. The number of imidazole rings is 1. The lowest BCUT2D eigenvalue weighted by atomic mass is 10.1. The first-order valence-electron chi connectivity index (χ1n) is 8.25. The molecule has 24 heavy (non-hydrogen) atoms. The number of hydrogen-bond donors (Lipinski definition) is 1. The lowest BCUT2D eigenvalue weighted by molar-refractivity contribution is 0.543. The van der Waals surface area contributed by atoms with E-state index in [0.717, 1.165) is 36.1 Å². The molecule has 0 aliphatic carbocycles. The van der Waals surface area contributed by atoms with E-state index in [0.29, 0.717) is 17.1 Å². The van der Waals surface area contributed by atoms with Crippen molar-refractivity contribution in [1.29, 1.82) is 0 Å². The quantitative estimate of drug-likeness (QED) is 0.678. The number of unbranched alkanes of at least 4 members (excludes halogenated alkanes) is 1. The normalized spacial score (nSPS) is 12.7. The van der Waals surface area contributed by atoms with Crippen LogP contribution in [0.5, 0.6) is 0 Å². The van der Waals surface area contributed by atoms with Gasteiger partial charge in [-0.3, -0.25) is 0 Å². The number of halogens is 2. The molecule has 3 rings (SSSR count). The lowest BCUT2D eigenvalue weighted by Crippen LogP contribution is -2.17. The maximum absolute atomic E-state index is 14.2. The van der Waals surface area contributed by atoms with E-state index in [1.165, 1.54) is 6.07 Å². The average Bonchev–Trinajstić information content (AvgIpc) is 2.95. The fourth-order valence-corrected chi connectivity index (χ4v) is 3.16. The van der Waals surface area contributed by atoms with Crippen molar-refractivity contribution in [3.05, 3.63) is 64.7 Å². The fourth-order valence-electron chi connectivity index (χ4n) is 2.94. The number of benzene rings is 2. The van der Waals surface area contributed by atoms with Gasteiger partial charge in [-0.05, 0) is 30.7 Å². The summed E-state index contributed by atoms with van der Waals surface area (Å²) in [4.78, 5) is 4.69. The molecule has 0 fully saturated rings. The molecule has 3 nitrogen and oxygen atoms in total. The van der Waals surface area contributed by atoms with Gasteiger partial charge < -0.3 is 10.3 Å². The number of aromatic nitrogens is 2. The summed E-state index contributed by atoms with van der Waals surface area (Å²) < 4.78 is 16.2. The van der Waals surface area contributed by atoms with Crippen LogP contribution < -0.4 is 5.73 Å². The molecular formula is C19H21ClFN3. The van der Waals surface area contributed by atoms with Crippen LogP contribution in [0.3, 0.4) is 0 Å². The molecule has 2 N–H and O–H groups in total. The van der Waals surface area contributed by atoms with Gasteiger partial charge in [0.15, 0.2) is 0 Å². The van der Waals surface area contributed by atoms with E-state index in [9.17, 15) is 4.39 Å². The second-order valence-electron chi connectivity index (χ2n) is 5.99. The molecule has 0 amide bonds. The SMILES string of the molecule is CCCCC(N)c1nc2ccccc2n1Cc1c(F)cccc1Cl. The Balaban J connectivity index is 2.07. The highest BCUT2D eigenvalue weighted by Crippen LogP contribution is 2.27. The van der Waals surface area contributed by atoms with Gasteiger partial charge >= 0.3 is 0 Å². The van der Waals surface area contributed by atoms with Crippen LogP contribution in [0.1, 0.15) is 43.6 Å². The van der Waals surface area contributed by atoms with Crippen molar-refractivity contribution in [1.82, 2.24) is 9.55 Å². The third kappa shape index (κ3) is 3.30. The predicted octanol–water partition coefficient (Wildman–Crippen LogP) is 5.07. The van der Waals surface area contributed by atoms with Crippen molar-refractivity contribution in [2.24, 2.45) is 5.73 Å². The summed E-state index contributed by atoms with van der Waals surface area (Å²) >= 11 is 6.21. The topological polar surface area (TPSA) is 43.8 Å². The Morgan fingerprint density at radius 3 is 2.75 bits per heavy atom. The summed E-state index contributed by atoms with van der Waals surface area (Å²) in [7, 11) is 0. The van der Waals surface area contributed by atoms with Gasteiger partial charge in [-0.2, -0.15) is 0 Å². The summed E-state index contributed by atoms with van der Waals surface area (Å²) in [6.07, 6.45) is 2.96. The Hall–Kier alpha value is -1.91. The molecule has 1 heterocycles. The van der Waals surface area contributed by atoms with E-state index in [2.05, 4.69) is 6.92 Å². The van der Waals surface area contributed by atoms with Crippen LogP contribution in [0, 0.1) is 5.82 Å². The maximum atomic E-state index is 14.2. The van der Waals surface area contributed by atoms with Crippen LogP contribution in [0.4, 0.5) is 4.39 Å². The first-order chi connectivity index (χ1) is 11.6.